The molecular weight excluding hydrogens is 280 g/mol. The number of hydrogen-bond donors (Lipinski definition) is 0. The Morgan fingerprint density at radius 2 is 1.17 bits per heavy atom. The van der Waals surface area contributed by atoms with Crippen molar-refractivity contribution in [3.05, 3.63) is 0 Å². The molecule has 0 radical (unpaired) electrons. The fourth-order valence-corrected chi connectivity index (χ4v) is 2.71. The highest BCUT2D eigenvalue weighted by Crippen LogP contribution is 2.24. The maximum atomic E-state index is 11.0. The Morgan fingerprint density at radius 3 is 1.44 bits per heavy atom. The van der Waals surface area contributed by atoms with Crippen LogP contribution < -0.4 is 0 Å². The third kappa shape index (κ3) is 6.67. The summed E-state index contributed by atoms with van der Waals surface area (Å²) in [5.41, 5.74) is 0. The van der Waals surface area contributed by atoms with Crippen LogP contribution >= 0.6 is 0 Å². The molecule has 1 fully saturated rings. The molecule has 18 heavy (non-hydrogen) atoms. The molecule has 0 unspecified atom stereocenters. The van der Waals surface area contributed by atoms with Gasteiger partial charge in [0, 0.05) is 12.5 Å². The first-order valence-corrected chi connectivity index (χ1v) is 9.88. The van der Waals surface area contributed by atoms with Crippen LogP contribution in [0.25, 0.3) is 0 Å². The standard InChI is InChI=1S/C10H20O6S2/c1-17(11,12)7-15-9-5-3-4-6-10(9)16-8-18(2,13)14/h9-10H,3-8H2,1-2H3/t9-,10-/m1/s1. The Bertz CT molecular complexity index is 409. The lowest BCUT2D eigenvalue weighted by Crippen LogP contribution is -2.37. The number of rotatable bonds is 6. The first kappa shape index (κ1) is 15.9. The van der Waals surface area contributed by atoms with Crippen molar-refractivity contribution in [3.8, 4) is 0 Å². The van der Waals surface area contributed by atoms with E-state index >= 15 is 0 Å². The smallest absolute Gasteiger partial charge is 0.171 e. The highest BCUT2D eigenvalue weighted by Gasteiger charge is 2.28. The zero-order valence-corrected chi connectivity index (χ0v) is 12.3. The SMILES string of the molecule is CS(=O)(=O)CO[C@@H]1CCCC[C@H]1OCS(C)(=O)=O. The van der Waals surface area contributed by atoms with Crippen LogP contribution in [0.3, 0.4) is 0 Å². The summed E-state index contributed by atoms with van der Waals surface area (Å²) in [6.45, 7) is 0. The third-order valence-corrected chi connectivity index (χ3v) is 3.76. The molecule has 0 bridgehead atoms. The molecule has 2 atom stereocenters. The zero-order chi connectivity index (χ0) is 13.8. The van der Waals surface area contributed by atoms with Gasteiger partial charge < -0.3 is 9.47 Å². The Labute approximate surface area is 108 Å². The van der Waals surface area contributed by atoms with Gasteiger partial charge in [0.05, 0.1) is 12.2 Å². The van der Waals surface area contributed by atoms with Gasteiger partial charge in [0.2, 0.25) is 0 Å². The molecule has 0 aromatic rings. The summed E-state index contributed by atoms with van der Waals surface area (Å²) >= 11 is 0. The van der Waals surface area contributed by atoms with Crippen LogP contribution in [-0.2, 0) is 29.1 Å². The predicted molar refractivity (Wildman–Crippen MR) is 67.6 cm³/mol. The summed E-state index contributed by atoms with van der Waals surface area (Å²) in [4.78, 5) is 0. The van der Waals surface area contributed by atoms with E-state index in [-0.39, 0.29) is 24.1 Å². The second-order valence-electron chi connectivity index (χ2n) is 4.78. The van der Waals surface area contributed by atoms with Crippen LogP contribution in [-0.4, -0.2) is 53.4 Å². The van der Waals surface area contributed by atoms with Crippen LogP contribution in [0, 0.1) is 0 Å². The second kappa shape index (κ2) is 6.31. The molecule has 0 aromatic carbocycles. The minimum atomic E-state index is -3.19. The summed E-state index contributed by atoms with van der Waals surface area (Å²) in [7, 11) is -6.37. The van der Waals surface area contributed by atoms with Crippen molar-refractivity contribution >= 4 is 19.7 Å². The average Bonchev–Trinajstić information content (AvgIpc) is 2.22. The largest absolute Gasteiger partial charge is 0.360 e. The first-order valence-electron chi connectivity index (χ1n) is 5.76. The van der Waals surface area contributed by atoms with Gasteiger partial charge in [-0.05, 0) is 12.8 Å². The van der Waals surface area contributed by atoms with Crippen molar-refractivity contribution in [1.29, 1.82) is 0 Å². The van der Waals surface area contributed by atoms with Crippen molar-refractivity contribution in [2.45, 2.75) is 37.9 Å². The molecule has 1 rings (SSSR count). The number of ether oxygens (including phenoxy) is 2. The van der Waals surface area contributed by atoms with E-state index in [1.54, 1.807) is 0 Å². The van der Waals surface area contributed by atoms with E-state index in [9.17, 15) is 16.8 Å². The molecule has 0 aliphatic heterocycles. The summed E-state index contributed by atoms with van der Waals surface area (Å²) in [5, 5.41) is 0. The van der Waals surface area contributed by atoms with Gasteiger partial charge in [0.25, 0.3) is 0 Å². The topological polar surface area (TPSA) is 86.7 Å². The van der Waals surface area contributed by atoms with Crippen molar-refractivity contribution in [3.63, 3.8) is 0 Å². The molecule has 0 saturated heterocycles. The lowest BCUT2D eigenvalue weighted by Gasteiger charge is -2.30. The minimum Gasteiger partial charge on any atom is -0.360 e. The molecule has 0 aromatic heterocycles. The van der Waals surface area contributed by atoms with Gasteiger partial charge in [-0.15, -0.1) is 0 Å². The minimum absolute atomic E-state index is 0.338. The molecule has 0 spiro atoms. The first-order chi connectivity index (χ1) is 8.17. The molecule has 0 amide bonds. The van der Waals surface area contributed by atoms with Crippen molar-refractivity contribution in [2.24, 2.45) is 0 Å². The van der Waals surface area contributed by atoms with Gasteiger partial charge in [-0.2, -0.15) is 0 Å². The molecule has 1 aliphatic carbocycles. The zero-order valence-electron chi connectivity index (χ0n) is 10.7. The van der Waals surface area contributed by atoms with Gasteiger partial charge in [0.15, 0.2) is 19.7 Å². The maximum absolute atomic E-state index is 11.0. The summed E-state index contributed by atoms with van der Waals surface area (Å²) in [6.07, 6.45) is 4.80. The lowest BCUT2D eigenvalue weighted by atomic mass is 9.95. The summed E-state index contributed by atoms with van der Waals surface area (Å²) in [6, 6.07) is 0. The predicted octanol–water partition coefficient (Wildman–Crippen LogP) is 0.335. The van der Waals surface area contributed by atoms with E-state index < -0.39 is 19.7 Å². The van der Waals surface area contributed by atoms with Crippen LogP contribution in [0.5, 0.6) is 0 Å². The maximum Gasteiger partial charge on any atom is 0.171 e. The Balaban J connectivity index is 2.52. The monoisotopic (exact) mass is 300 g/mol. The highest BCUT2D eigenvalue weighted by molar-refractivity contribution is 7.90. The van der Waals surface area contributed by atoms with Gasteiger partial charge in [-0.1, -0.05) is 12.8 Å². The Hall–Kier alpha value is -0.180. The normalized spacial score (nSPS) is 26.1. The van der Waals surface area contributed by atoms with Crippen LogP contribution in [0.2, 0.25) is 0 Å². The third-order valence-electron chi connectivity index (χ3n) is 2.63. The van der Waals surface area contributed by atoms with Gasteiger partial charge in [0.1, 0.15) is 11.9 Å². The van der Waals surface area contributed by atoms with Crippen molar-refractivity contribution in [1.82, 2.24) is 0 Å². The van der Waals surface area contributed by atoms with E-state index in [0.717, 1.165) is 25.4 Å². The summed E-state index contributed by atoms with van der Waals surface area (Å²) < 4.78 is 54.8. The Morgan fingerprint density at radius 1 is 0.833 bits per heavy atom. The molecule has 108 valence electrons. The van der Waals surface area contributed by atoms with Crippen LogP contribution in [0.1, 0.15) is 25.7 Å². The summed E-state index contributed by atoms with van der Waals surface area (Å²) in [5.74, 6) is -0.702. The molecule has 1 saturated carbocycles. The van der Waals surface area contributed by atoms with Gasteiger partial charge in [-0.3, -0.25) is 0 Å². The molecule has 0 heterocycles. The van der Waals surface area contributed by atoms with Crippen molar-refractivity contribution < 1.29 is 26.3 Å². The van der Waals surface area contributed by atoms with E-state index in [4.69, 9.17) is 9.47 Å². The van der Waals surface area contributed by atoms with E-state index in [1.165, 1.54) is 0 Å². The lowest BCUT2D eigenvalue weighted by molar-refractivity contribution is -0.0691. The molecule has 8 heteroatoms. The Kier molecular flexibility index (Phi) is 5.57. The molecular formula is C10H20O6S2. The molecule has 1 aliphatic rings. The van der Waals surface area contributed by atoms with E-state index in [0.29, 0.717) is 12.8 Å². The van der Waals surface area contributed by atoms with E-state index in [2.05, 4.69) is 0 Å². The fourth-order valence-electron chi connectivity index (χ4n) is 1.87. The quantitative estimate of drug-likeness (QED) is 0.703. The van der Waals surface area contributed by atoms with Gasteiger partial charge >= 0.3 is 0 Å². The fraction of sp³-hybridized carbons (Fsp3) is 1.00. The number of hydrogen-bond acceptors (Lipinski definition) is 6. The van der Waals surface area contributed by atoms with E-state index in [1.807, 2.05) is 0 Å². The average molecular weight is 300 g/mol. The molecule has 0 N–H and O–H groups in total. The van der Waals surface area contributed by atoms with Crippen LogP contribution in [0.15, 0.2) is 0 Å². The van der Waals surface area contributed by atoms with Crippen LogP contribution in [0.4, 0.5) is 0 Å². The number of sulfone groups is 2. The van der Waals surface area contributed by atoms with Gasteiger partial charge in [-0.25, -0.2) is 16.8 Å². The van der Waals surface area contributed by atoms with Crippen molar-refractivity contribution in [2.75, 3.05) is 24.4 Å². The highest BCUT2D eigenvalue weighted by atomic mass is 32.2. The molecule has 6 nitrogen and oxygen atoms in total. The second-order valence-corrected chi connectivity index (χ2v) is 8.96.